The van der Waals surface area contributed by atoms with Crippen LogP contribution in [-0.2, 0) is 19.7 Å². The van der Waals surface area contributed by atoms with E-state index in [4.69, 9.17) is 9.66 Å². The molecule has 92 valence electrons. The number of rotatable bonds is 4. The lowest BCUT2D eigenvalue weighted by molar-refractivity contribution is -0.138. The first-order chi connectivity index (χ1) is 7.30. The number of carboxylic acid groups (broad SMARTS) is 1. The second-order valence-corrected chi connectivity index (χ2v) is 5.46. The number of amides is 1. The van der Waals surface area contributed by atoms with Gasteiger partial charge in [-0.2, -0.15) is 8.42 Å². The van der Waals surface area contributed by atoms with Crippen LogP contribution < -0.4 is 5.32 Å². The van der Waals surface area contributed by atoms with Gasteiger partial charge in [-0.3, -0.25) is 14.1 Å². The van der Waals surface area contributed by atoms with E-state index in [2.05, 4.69) is 5.32 Å². The molecule has 0 aromatic rings. The Morgan fingerprint density at radius 3 is 2.38 bits per heavy atom. The van der Waals surface area contributed by atoms with Crippen LogP contribution in [0, 0.1) is 5.92 Å². The van der Waals surface area contributed by atoms with E-state index in [1.807, 2.05) is 0 Å². The maximum atomic E-state index is 11.4. The normalized spacial score (nSPS) is 25.3. The van der Waals surface area contributed by atoms with E-state index in [0.29, 0.717) is 6.42 Å². The topological polar surface area (TPSA) is 121 Å². The minimum Gasteiger partial charge on any atom is -0.480 e. The average molecular weight is 251 g/mol. The molecule has 1 rings (SSSR count). The molecule has 1 amide bonds. The minimum absolute atomic E-state index is 0.0459. The first-order valence-electron chi connectivity index (χ1n) is 4.76. The van der Waals surface area contributed by atoms with Crippen molar-refractivity contribution in [1.82, 2.24) is 5.32 Å². The Bertz CT molecular complexity index is 389. The summed E-state index contributed by atoms with van der Waals surface area (Å²) in [5, 5.41) is 9.61. The molecule has 1 saturated carbocycles. The highest BCUT2D eigenvalue weighted by Crippen LogP contribution is 2.29. The Balaban J connectivity index is 2.47. The molecule has 7 nitrogen and oxygen atoms in total. The van der Waals surface area contributed by atoms with E-state index < -0.39 is 39.7 Å². The van der Waals surface area contributed by atoms with Gasteiger partial charge in [-0.25, -0.2) is 0 Å². The second kappa shape index (κ2) is 4.79. The Labute approximate surface area is 92.6 Å². The van der Waals surface area contributed by atoms with Gasteiger partial charge in [0.15, 0.2) is 0 Å². The molecule has 0 aromatic carbocycles. The zero-order valence-corrected chi connectivity index (χ0v) is 9.24. The number of carbonyl (C=O) groups excluding carboxylic acids is 1. The van der Waals surface area contributed by atoms with Crippen molar-refractivity contribution in [2.75, 3.05) is 6.54 Å². The molecular weight excluding hydrogens is 238 g/mol. The molecule has 1 aliphatic carbocycles. The van der Waals surface area contributed by atoms with Gasteiger partial charge in [0.25, 0.3) is 10.1 Å². The maximum Gasteiger partial charge on any atom is 0.322 e. The molecular formula is C8H13NO6S. The van der Waals surface area contributed by atoms with Crippen LogP contribution in [0.2, 0.25) is 0 Å². The van der Waals surface area contributed by atoms with Crippen LogP contribution in [0.25, 0.3) is 0 Å². The van der Waals surface area contributed by atoms with Gasteiger partial charge < -0.3 is 10.4 Å². The lowest BCUT2D eigenvalue weighted by atomic mass is 10.1. The highest BCUT2D eigenvalue weighted by Gasteiger charge is 2.36. The van der Waals surface area contributed by atoms with E-state index in [1.54, 1.807) is 0 Å². The van der Waals surface area contributed by atoms with Crippen molar-refractivity contribution in [2.45, 2.75) is 24.5 Å². The standard InChI is InChI=1S/C8H13NO6S/c10-7(11)4-9-8(12)5-1-2-6(3-5)16(13,14)15/h5-6H,1-4H2,(H,9,12)(H,10,11)(H,13,14,15)/t5-,6+/m0/s1. The number of carbonyl (C=O) groups is 2. The van der Waals surface area contributed by atoms with Crippen molar-refractivity contribution >= 4 is 22.0 Å². The van der Waals surface area contributed by atoms with Crippen molar-refractivity contribution in [2.24, 2.45) is 5.92 Å². The number of hydrogen-bond acceptors (Lipinski definition) is 4. The molecule has 3 N–H and O–H groups in total. The SMILES string of the molecule is O=C(O)CNC(=O)[C@H]1CC[C@@H](S(=O)(=O)O)C1. The number of carboxylic acids is 1. The van der Waals surface area contributed by atoms with Crippen LogP contribution >= 0.6 is 0 Å². The fourth-order valence-electron chi connectivity index (χ4n) is 1.76. The number of nitrogens with one attached hydrogen (secondary N) is 1. The molecule has 1 aliphatic rings. The molecule has 0 unspecified atom stereocenters. The molecule has 0 bridgehead atoms. The third-order valence-corrected chi connectivity index (χ3v) is 3.86. The first kappa shape index (κ1) is 12.9. The molecule has 16 heavy (non-hydrogen) atoms. The number of aliphatic carboxylic acids is 1. The number of hydrogen-bond donors (Lipinski definition) is 3. The zero-order valence-electron chi connectivity index (χ0n) is 8.42. The lowest BCUT2D eigenvalue weighted by Gasteiger charge is -2.09. The minimum atomic E-state index is -4.10. The summed E-state index contributed by atoms with van der Waals surface area (Å²) in [5.41, 5.74) is 0. The summed E-state index contributed by atoms with van der Waals surface area (Å²) in [6, 6.07) is 0. The summed E-state index contributed by atoms with van der Waals surface area (Å²) in [6.07, 6.45) is 0.615. The predicted molar refractivity (Wildman–Crippen MR) is 53.3 cm³/mol. The molecule has 0 aliphatic heterocycles. The fraction of sp³-hybridized carbons (Fsp3) is 0.750. The molecule has 8 heteroatoms. The summed E-state index contributed by atoms with van der Waals surface area (Å²) in [5.74, 6) is -2.17. The molecule has 0 heterocycles. The molecule has 0 radical (unpaired) electrons. The van der Waals surface area contributed by atoms with Crippen molar-refractivity contribution in [1.29, 1.82) is 0 Å². The molecule has 0 spiro atoms. The molecule has 1 fully saturated rings. The lowest BCUT2D eigenvalue weighted by Crippen LogP contribution is -2.34. The van der Waals surface area contributed by atoms with Crippen LogP contribution in [0.5, 0.6) is 0 Å². The highest BCUT2D eigenvalue weighted by molar-refractivity contribution is 7.86. The summed E-state index contributed by atoms with van der Waals surface area (Å²) < 4.78 is 30.4. The van der Waals surface area contributed by atoms with Crippen LogP contribution in [0.15, 0.2) is 0 Å². The van der Waals surface area contributed by atoms with Crippen LogP contribution in [0.1, 0.15) is 19.3 Å². The zero-order chi connectivity index (χ0) is 12.3. The van der Waals surface area contributed by atoms with Gasteiger partial charge in [-0.1, -0.05) is 0 Å². The van der Waals surface area contributed by atoms with E-state index in [-0.39, 0.29) is 12.8 Å². The van der Waals surface area contributed by atoms with Gasteiger partial charge in [0.1, 0.15) is 6.54 Å². The fourth-order valence-corrected chi connectivity index (χ4v) is 2.67. The second-order valence-electron chi connectivity index (χ2n) is 3.76. The average Bonchev–Trinajstić information content (AvgIpc) is 2.61. The van der Waals surface area contributed by atoms with E-state index >= 15 is 0 Å². The van der Waals surface area contributed by atoms with Gasteiger partial charge in [0, 0.05) is 5.92 Å². The Kier molecular flexibility index (Phi) is 3.87. The summed E-state index contributed by atoms with van der Waals surface area (Å²) in [4.78, 5) is 21.6. The van der Waals surface area contributed by atoms with Gasteiger partial charge in [0.05, 0.1) is 5.25 Å². The van der Waals surface area contributed by atoms with Crippen molar-refractivity contribution < 1.29 is 27.7 Å². The Morgan fingerprint density at radius 1 is 1.31 bits per heavy atom. The monoisotopic (exact) mass is 251 g/mol. The quantitative estimate of drug-likeness (QED) is 0.565. The van der Waals surface area contributed by atoms with Crippen molar-refractivity contribution in [3.63, 3.8) is 0 Å². The van der Waals surface area contributed by atoms with Crippen molar-refractivity contribution in [3.8, 4) is 0 Å². The largest absolute Gasteiger partial charge is 0.480 e. The Morgan fingerprint density at radius 2 is 1.94 bits per heavy atom. The van der Waals surface area contributed by atoms with Crippen LogP contribution in [-0.4, -0.2) is 41.7 Å². The predicted octanol–water partition coefficient (Wildman–Crippen LogP) is -0.756. The summed E-state index contributed by atoms with van der Waals surface area (Å²) >= 11 is 0. The van der Waals surface area contributed by atoms with Crippen LogP contribution in [0.3, 0.4) is 0 Å². The van der Waals surface area contributed by atoms with Crippen molar-refractivity contribution in [3.05, 3.63) is 0 Å². The van der Waals surface area contributed by atoms with Crippen LogP contribution in [0.4, 0.5) is 0 Å². The summed E-state index contributed by atoms with van der Waals surface area (Å²) in [7, 11) is -4.10. The van der Waals surface area contributed by atoms with E-state index in [9.17, 15) is 18.0 Å². The molecule has 0 aromatic heterocycles. The Hall–Kier alpha value is -1.15. The first-order valence-corrected chi connectivity index (χ1v) is 6.27. The third-order valence-electron chi connectivity index (χ3n) is 2.59. The molecule has 2 atom stereocenters. The smallest absolute Gasteiger partial charge is 0.322 e. The van der Waals surface area contributed by atoms with E-state index in [0.717, 1.165) is 0 Å². The molecule has 0 saturated heterocycles. The van der Waals surface area contributed by atoms with Gasteiger partial charge >= 0.3 is 5.97 Å². The summed E-state index contributed by atoms with van der Waals surface area (Å²) in [6.45, 7) is -0.480. The maximum absolute atomic E-state index is 11.4. The third kappa shape index (κ3) is 3.46. The van der Waals surface area contributed by atoms with Gasteiger partial charge in [-0.15, -0.1) is 0 Å². The van der Waals surface area contributed by atoms with E-state index in [1.165, 1.54) is 0 Å². The van der Waals surface area contributed by atoms with Gasteiger partial charge in [-0.05, 0) is 19.3 Å². The van der Waals surface area contributed by atoms with Gasteiger partial charge in [0.2, 0.25) is 5.91 Å². The highest BCUT2D eigenvalue weighted by atomic mass is 32.2.